The van der Waals surface area contributed by atoms with Crippen LogP contribution in [0.3, 0.4) is 0 Å². The fourth-order valence-corrected chi connectivity index (χ4v) is 6.76. The molecule has 0 radical (unpaired) electrons. The third-order valence-electron chi connectivity index (χ3n) is 7.50. The van der Waals surface area contributed by atoms with E-state index in [2.05, 4.69) is 0 Å². The van der Waals surface area contributed by atoms with Crippen LogP contribution in [0.5, 0.6) is 0 Å². The maximum Gasteiger partial charge on any atom is 0.240 e. The summed E-state index contributed by atoms with van der Waals surface area (Å²) in [5, 5.41) is 3.67. The van der Waals surface area contributed by atoms with Gasteiger partial charge in [0.25, 0.3) is 0 Å². The van der Waals surface area contributed by atoms with Crippen molar-refractivity contribution in [2.45, 2.75) is 12.1 Å². The molecule has 3 aliphatic heterocycles. The maximum atomic E-state index is 14.1. The number of hydrogen-bond acceptors (Lipinski definition) is 5. The van der Waals surface area contributed by atoms with Crippen LogP contribution >= 0.6 is 11.3 Å². The second-order valence-corrected chi connectivity index (χ2v) is 10.1. The highest BCUT2D eigenvalue weighted by atomic mass is 32.1. The van der Waals surface area contributed by atoms with Gasteiger partial charge in [-0.25, -0.2) is 4.90 Å². The van der Waals surface area contributed by atoms with Gasteiger partial charge in [0, 0.05) is 11.6 Å². The number of thiophene rings is 1. The van der Waals surface area contributed by atoms with Crippen LogP contribution in [0.15, 0.2) is 90.4 Å². The molecule has 4 aromatic rings. The Kier molecular flexibility index (Phi) is 4.35. The predicted molar refractivity (Wildman–Crippen MR) is 136 cm³/mol. The molecule has 5 nitrogen and oxygen atoms in total. The van der Waals surface area contributed by atoms with Crippen molar-refractivity contribution in [2.75, 3.05) is 4.90 Å². The Morgan fingerprint density at radius 2 is 1.57 bits per heavy atom. The van der Waals surface area contributed by atoms with Crippen molar-refractivity contribution >= 4 is 51.5 Å². The molecule has 3 aliphatic rings. The van der Waals surface area contributed by atoms with Crippen molar-refractivity contribution in [3.8, 4) is 0 Å². The molecule has 0 aliphatic carbocycles. The number of Topliss-reactive ketones (excluding diaryl/α,β-unsaturated/α-hetero) is 1. The minimum absolute atomic E-state index is 0.109. The van der Waals surface area contributed by atoms with Crippen LogP contribution in [0.4, 0.5) is 5.69 Å². The van der Waals surface area contributed by atoms with Crippen molar-refractivity contribution in [3.05, 3.63) is 106 Å². The van der Waals surface area contributed by atoms with Gasteiger partial charge in [0.1, 0.15) is 6.04 Å². The molecule has 1 aromatic heterocycles. The molecule has 170 valence electrons. The summed E-state index contributed by atoms with van der Waals surface area (Å²) >= 11 is 1.37. The van der Waals surface area contributed by atoms with E-state index in [1.807, 2.05) is 95.4 Å². The number of ketones is 1. The fraction of sp³-hybridized carbons (Fsp3) is 0.138. The lowest BCUT2D eigenvalue weighted by Gasteiger charge is -2.35. The van der Waals surface area contributed by atoms with Crippen molar-refractivity contribution in [2.24, 2.45) is 11.8 Å². The monoisotopic (exact) mass is 476 g/mol. The summed E-state index contributed by atoms with van der Waals surface area (Å²) in [7, 11) is 0. The van der Waals surface area contributed by atoms with E-state index in [0.29, 0.717) is 10.6 Å². The number of hydrogen-bond donors (Lipinski definition) is 0. The number of rotatable bonds is 3. The Bertz CT molecular complexity index is 1550. The van der Waals surface area contributed by atoms with Gasteiger partial charge < -0.3 is 4.90 Å². The van der Waals surface area contributed by atoms with Crippen LogP contribution in [0.25, 0.3) is 16.8 Å². The van der Waals surface area contributed by atoms with Crippen molar-refractivity contribution < 1.29 is 14.4 Å². The van der Waals surface area contributed by atoms with E-state index >= 15 is 0 Å². The molecule has 7 rings (SSSR count). The number of fused-ring (bicyclic) bond motifs is 6. The second-order valence-electron chi connectivity index (χ2n) is 9.18. The van der Waals surface area contributed by atoms with Crippen LogP contribution in [-0.4, -0.2) is 28.5 Å². The third kappa shape index (κ3) is 2.77. The number of imide groups is 1. The number of nitrogens with zero attached hydrogens (tertiary/aromatic N) is 2. The van der Waals surface area contributed by atoms with Crippen LogP contribution in [0.1, 0.15) is 26.8 Å². The quantitative estimate of drug-likeness (QED) is 0.297. The molecule has 2 fully saturated rings. The summed E-state index contributed by atoms with van der Waals surface area (Å²) in [6.45, 7) is 0. The highest BCUT2D eigenvalue weighted by Gasteiger charge is 2.64. The molecule has 4 heterocycles. The molecule has 2 amide bonds. The zero-order valence-corrected chi connectivity index (χ0v) is 19.4. The Balaban J connectivity index is 1.41. The van der Waals surface area contributed by atoms with Crippen molar-refractivity contribution in [1.29, 1.82) is 0 Å². The molecule has 0 N–H and O–H groups in total. The van der Waals surface area contributed by atoms with E-state index in [9.17, 15) is 14.4 Å². The Morgan fingerprint density at radius 1 is 0.800 bits per heavy atom. The SMILES string of the molecule is O=C(c1cccs1)[C@@H]1[C@@H]2C(=O)N(c3cccc4ccccc34)C(=O)[C@@H]2C2c3ccccc3C=CN21. The molecular formula is C29H20N2O3S. The van der Waals surface area contributed by atoms with E-state index in [-0.39, 0.29) is 23.6 Å². The average molecular weight is 477 g/mol. The third-order valence-corrected chi connectivity index (χ3v) is 8.39. The molecule has 4 atom stereocenters. The first-order valence-electron chi connectivity index (χ1n) is 11.6. The summed E-state index contributed by atoms with van der Waals surface area (Å²) in [6, 6.07) is 23.9. The fourth-order valence-electron chi connectivity index (χ4n) is 6.06. The van der Waals surface area contributed by atoms with Gasteiger partial charge in [-0.05, 0) is 40.1 Å². The van der Waals surface area contributed by atoms with Crippen molar-refractivity contribution in [1.82, 2.24) is 4.90 Å². The van der Waals surface area contributed by atoms with E-state index < -0.39 is 17.9 Å². The lowest BCUT2D eigenvalue weighted by molar-refractivity contribution is -0.123. The van der Waals surface area contributed by atoms with Gasteiger partial charge in [-0.3, -0.25) is 14.4 Å². The number of amides is 2. The van der Waals surface area contributed by atoms with Crippen LogP contribution in [0.2, 0.25) is 0 Å². The number of anilines is 1. The average Bonchev–Trinajstić information content (AvgIpc) is 3.60. The smallest absolute Gasteiger partial charge is 0.240 e. The van der Waals surface area contributed by atoms with Crippen LogP contribution < -0.4 is 4.90 Å². The van der Waals surface area contributed by atoms with E-state index in [4.69, 9.17) is 0 Å². The lowest BCUT2D eigenvalue weighted by atomic mass is 9.84. The molecule has 0 bridgehead atoms. The lowest BCUT2D eigenvalue weighted by Crippen LogP contribution is -2.44. The summed E-state index contributed by atoms with van der Waals surface area (Å²) < 4.78 is 0. The highest BCUT2D eigenvalue weighted by Crippen LogP contribution is 2.54. The minimum atomic E-state index is -0.753. The predicted octanol–water partition coefficient (Wildman–Crippen LogP) is 5.30. The standard InChI is InChI=1S/C29H20N2O3S/c32-27(22-13-6-16-35-22)26-24-23(25-20-11-4-2-8-18(20)14-15-30(25)26)28(33)31(29(24)34)21-12-5-9-17-7-1-3-10-19(17)21/h1-16,23-26H/t23-,24+,25?,26-/m0/s1. The van der Waals surface area contributed by atoms with E-state index in [1.165, 1.54) is 16.2 Å². The summed E-state index contributed by atoms with van der Waals surface area (Å²) in [6.07, 6.45) is 3.86. The topological polar surface area (TPSA) is 57.7 Å². The molecule has 0 spiro atoms. The van der Waals surface area contributed by atoms with Gasteiger partial charge >= 0.3 is 0 Å². The Labute approximate surface area is 205 Å². The van der Waals surface area contributed by atoms with E-state index in [0.717, 1.165) is 21.9 Å². The Morgan fingerprint density at radius 3 is 2.43 bits per heavy atom. The first-order chi connectivity index (χ1) is 17.1. The number of carbonyl (C=O) groups excluding carboxylic acids is 3. The van der Waals surface area contributed by atoms with Crippen LogP contribution in [0, 0.1) is 11.8 Å². The first-order valence-corrected chi connectivity index (χ1v) is 12.5. The molecule has 1 unspecified atom stereocenters. The zero-order valence-electron chi connectivity index (χ0n) is 18.6. The molecular weight excluding hydrogens is 456 g/mol. The summed E-state index contributed by atoms with van der Waals surface area (Å²) in [5.74, 6) is -2.04. The van der Waals surface area contributed by atoms with Crippen LogP contribution in [-0.2, 0) is 9.59 Å². The van der Waals surface area contributed by atoms with Crippen molar-refractivity contribution in [3.63, 3.8) is 0 Å². The number of carbonyl (C=O) groups is 3. The summed E-state index contributed by atoms with van der Waals surface area (Å²) in [5.41, 5.74) is 2.58. The van der Waals surface area contributed by atoms with E-state index in [1.54, 1.807) is 6.07 Å². The van der Waals surface area contributed by atoms with Gasteiger partial charge in [-0.15, -0.1) is 11.3 Å². The zero-order chi connectivity index (χ0) is 23.7. The number of benzene rings is 3. The molecule has 2 saturated heterocycles. The van der Waals surface area contributed by atoms with Gasteiger partial charge in [0.05, 0.1) is 28.4 Å². The Hall–Kier alpha value is -4.03. The molecule has 6 heteroatoms. The minimum Gasteiger partial charge on any atom is -0.358 e. The first kappa shape index (κ1) is 20.4. The van der Waals surface area contributed by atoms with Gasteiger partial charge in [0.2, 0.25) is 11.8 Å². The molecule has 35 heavy (non-hydrogen) atoms. The largest absolute Gasteiger partial charge is 0.358 e. The highest BCUT2D eigenvalue weighted by molar-refractivity contribution is 7.12. The maximum absolute atomic E-state index is 14.1. The van der Waals surface area contributed by atoms with Gasteiger partial charge in [-0.1, -0.05) is 66.7 Å². The van der Waals surface area contributed by atoms with Gasteiger partial charge in [-0.2, -0.15) is 0 Å². The normalized spacial score (nSPS) is 24.6. The summed E-state index contributed by atoms with van der Waals surface area (Å²) in [4.78, 5) is 45.9. The second kappa shape index (κ2) is 7.48. The van der Waals surface area contributed by atoms with Gasteiger partial charge in [0.15, 0.2) is 5.78 Å². The molecule has 0 saturated carbocycles. The molecule has 3 aromatic carbocycles.